The van der Waals surface area contributed by atoms with Crippen LogP contribution in [0.15, 0.2) is 24.3 Å². The molecule has 6 nitrogen and oxygen atoms in total. The molecule has 0 aliphatic rings. The van der Waals surface area contributed by atoms with Crippen LogP contribution in [0, 0.1) is 0 Å². The summed E-state index contributed by atoms with van der Waals surface area (Å²) in [6.07, 6.45) is 0. The fraction of sp³-hybridized carbons (Fsp3) is 0.231. The standard InChI is InChI=1S/C13H14N2O4/c1-18-7-8-4-3-5-11(19-2)12(8)9-6-10(13(16)17)15-14-9/h3-6H,7H2,1-2H3,(H,14,15)(H,16,17). The molecule has 0 saturated heterocycles. The molecule has 100 valence electrons. The molecule has 0 amide bonds. The molecule has 1 aromatic heterocycles. The second-order valence-electron chi connectivity index (χ2n) is 3.90. The minimum Gasteiger partial charge on any atom is -0.496 e. The van der Waals surface area contributed by atoms with Crippen LogP contribution in [0.25, 0.3) is 11.3 Å². The summed E-state index contributed by atoms with van der Waals surface area (Å²) in [6.45, 7) is 0.391. The average molecular weight is 262 g/mol. The molecule has 0 atom stereocenters. The van der Waals surface area contributed by atoms with Crippen molar-refractivity contribution >= 4 is 5.97 Å². The van der Waals surface area contributed by atoms with Crippen molar-refractivity contribution in [1.29, 1.82) is 0 Å². The predicted octanol–water partition coefficient (Wildman–Crippen LogP) is 1.93. The van der Waals surface area contributed by atoms with Crippen LogP contribution in [-0.4, -0.2) is 35.5 Å². The number of benzene rings is 1. The number of aromatic carboxylic acids is 1. The Kier molecular flexibility index (Phi) is 3.82. The molecule has 0 aliphatic carbocycles. The van der Waals surface area contributed by atoms with Gasteiger partial charge in [-0.05, 0) is 17.7 Å². The number of H-pyrrole nitrogens is 1. The van der Waals surface area contributed by atoms with Crippen LogP contribution in [0.3, 0.4) is 0 Å². The van der Waals surface area contributed by atoms with Gasteiger partial charge in [0.2, 0.25) is 0 Å². The van der Waals surface area contributed by atoms with Crippen molar-refractivity contribution in [2.75, 3.05) is 14.2 Å². The molecule has 1 aromatic carbocycles. The van der Waals surface area contributed by atoms with E-state index < -0.39 is 5.97 Å². The Morgan fingerprint density at radius 1 is 1.42 bits per heavy atom. The van der Waals surface area contributed by atoms with Crippen LogP contribution in [0.2, 0.25) is 0 Å². The van der Waals surface area contributed by atoms with Gasteiger partial charge >= 0.3 is 5.97 Å². The Bertz CT molecular complexity index is 592. The maximum atomic E-state index is 10.9. The predicted molar refractivity (Wildman–Crippen MR) is 68.2 cm³/mol. The lowest BCUT2D eigenvalue weighted by molar-refractivity contribution is 0.0690. The van der Waals surface area contributed by atoms with E-state index in [9.17, 15) is 4.79 Å². The maximum absolute atomic E-state index is 10.9. The molecule has 0 saturated carbocycles. The average Bonchev–Trinajstić information content (AvgIpc) is 2.88. The van der Waals surface area contributed by atoms with Gasteiger partial charge in [-0.25, -0.2) is 4.79 Å². The van der Waals surface area contributed by atoms with Gasteiger partial charge in [-0.1, -0.05) is 12.1 Å². The number of carboxylic acids is 1. The normalized spacial score (nSPS) is 10.4. The minimum atomic E-state index is -1.05. The Balaban J connectivity index is 2.54. The third-order valence-electron chi connectivity index (χ3n) is 2.70. The van der Waals surface area contributed by atoms with Crippen molar-refractivity contribution in [2.45, 2.75) is 6.61 Å². The molecule has 0 unspecified atom stereocenters. The fourth-order valence-electron chi connectivity index (χ4n) is 1.87. The van der Waals surface area contributed by atoms with E-state index in [1.54, 1.807) is 20.3 Å². The number of rotatable bonds is 5. The lowest BCUT2D eigenvalue weighted by Gasteiger charge is -2.11. The van der Waals surface area contributed by atoms with Crippen molar-refractivity contribution in [3.8, 4) is 17.0 Å². The van der Waals surface area contributed by atoms with Crippen LogP contribution in [0.4, 0.5) is 0 Å². The van der Waals surface area contributed by atoms with Crippen LogP contribution in [0.5, 0.6) is 5.75 Å². The number of hydrogen-bond acceptors (Lipinski definition) is 4. The van der Waals surface area contributed by atoms with E-state index in [1.165, 1.54) is 6.07 Å². The highest BCUT2D eigenvalue weighted by Crippen LogP contribution is 2.32. The summed E-state index contributed by atoms with van der Waals surface area (Å²) in [4.78, 5) is 10.9. The fourth-order valence-corrected chi connectivity index (χ4v) is 1.87. The number of hydrogen-bond donors (Lipinski definition) is 2. The molecular weight excluding hydrogens is 248 g/mol. The number of nitrogens with one attached hydrogen (secondary N) is 1. The quantitative estimate of drug-likeness (QED) is 0.860. The number of nitrogens with zero attached hydrogens (tertiary/aromatic N) is 1. The van der Waals surface area contributed by atoms with E-state index in [0.29, 0.717) is 18.1 Å². The third kappa shape index (κ3) is 2.58. The number of aromatic amines is 1. The zero-order valence-corrected chi connectivity index (χ0v) is 10.6. The molecule has 0 aliphatic heterocycles. The van der Waals surface area contributed by atoms with Crippen LogP contribution in [0.1, 0.15) is 16.1 Å². The summed E-state index contributed by atoms with van der Waals surface area (Å²) in [5.74, 6) is -0.431. The second-order valence-corrected chi connectivity index (χ2v) is 3.90. The summed E-state index contributed by atoms with van der Waals surface area (Å²) in [5, 5.41) is 15.4. The minimum absolute atomic E-state index is 0.0317. The highest BCUT2D eigenvalue weighted by molar-refractivity contribution is 5.87. The number of ether oxygens (including phenoxy) is 2. The second kappa shape index (κ2) is 5.53. The Morgan fingerprint density at radius 2 is 2.21 bits per heavy atom. The molecule has 19 heavy (non-hydrogen) atoms. The van der Waals surface area contributed by atoms with E-state index in [2.05, 4.69) is 10.2 Å². The lowest BCUT2D eigenvalue weighted by Crippen LogP contribution is -1.96. The Labute approximate surface area is 110 Å². The van der Waals surface area contributed by atoms with Gasteiger partial charge in [0, 0.05) is 12.7 Å². The van der Waals surface area contributed by atoms with Gasteiger partial charge in [0.1, 0.15) is 11.4 Å². The molecule has 0 spiro atoms. The summed E-state index contributed by atoms with van der Waals surface area (Å²) in [7, 11) is 3.15. The van der Waals surface area contributed by atoms with Gasteiger partial charge in [0.15, 0.2) is 0 Å². The zero-order valence-electron chi connectivity index (χ0n) is 10.6. The van der Waals surface area contributed by atoms with E-state index in [0.717, 1.165) is 11.1 Å². The molecule has 2 rings (SSSR count). The summed E-state index contributed by atoms with van der Waals surface area (Å²) >= 11 is 0. The molecule has 0 bridgehead atoms. The summed E-state index contributed by atoms with van der Waals surface area (Å²) < 4.78 is 10.4. The Hall–Kier alpha value is -2.34. The van der Waals surface area contributed by atoms with Gasteiger partial charge in [0.25, 0.3) is 0 Å². The van der Waals surface area contributed by atoms with Crippen LogP contribution >= 0.6 is 0 Å². The van der Waals surface area contributed by atoms with Gasteiger partial charge in [-0.15, -0.1) is 0 Å². The monoisotopic (exact) mass is 262 g/mol. The van der Waals surface area contributed by atoms with Gasteiger partial charge in [-0.2, -0.15) is 5.10 Å². The number of carbonyl (C=O) groups is 1. The Morgan fingerprint density at radius 3 is 2.79 bits per heavy atom. The highest BCUT2D eigenvalue weighted by Gasteiger charge is 2.16. The topological polar surface area (TPSA) is 84.4 Å². The smallest absolute Gasteiger partial charge is 0.353 e. The van der Waals surface area contributed by atoms with Gasteiger partial charge < -0.3 is 14.6 Å². The molecular formula is C13H14N2O4. The summed E-state index contributed by atoms with van der Waals surface area (Å²) in [5.41, 5.74) is 2.16. The first-order valence-electron chi connectivity index (χ1n) is 5.61. The largest absolute Gasteiger partial charge is 0.496 e. The van der Waals surface area contributed by atoms with Crippen LogP contribution < -0.4 is 4.74 Å². The summed E-state index contributed by atoms with van der Waals surface area (Å²) in [6, 6.07) is 7.00. The first-order chi connectivity index (χ1) is 9.17. The lowest BCUT2D eigenvalue weighted by atomic mass is 10.0. The number of carboxylic acid groups (broad SMARTS) is 1. The zero-order chi connectivity index (χ0) is 13.8. The van der Waals surface area contributed by atoms with Gasteiger partial charge in [-0.3, -0.25) is 5.10 Å². The van der Waals surface area contributed by atoms with E-state index in [1.807, 2.05) is 12.1 Å². The van der Waals surface area contributed by atoms with Gasteiger partial charge in [0.05, 0.1) is 19.4 Å². The van der Waals surface area contributed by atoms with Crippen molar-refractivity contribution in [3.63, 3.8) is 0 Å². The molecule has 2 N–H and O–H groups in total. The van der Waals surface area contributed by atoms with E-state index in [4.69, 9.17) is 14.6 Å². The number of aromatic nitrogens is 2. The molecule has 0 radical (unpaired) electrons. The molecule has 1 heterocycles. The molecule has 0 fully saturated rings. The third-order valence-corrected chi connectivity index (χ3v) is 2.70. The first-order valence-corrected chi connectivity index (χ1v) is 5.61. The van der Waals surface area contributed by atoms with Crippen molar-refractivity contribution in [3.05, 3.63) is 35.5 Å². The van der Waals surface area contributed by atoms with Crippen molar-refractivity contribution < 1.29 is 19.4 Å². The first kappa shape index (κ1) is 13.1. The van der Waals surface area contributed by atoms with E-state index >= 15 is 0 Å². The SMILES string of the molecule is COCc1cccc(OC)c1-c1cc(C(=O)O)[nH]n1. The van der Waals surface area contributed by atoms with E-state index in [-0.39, 0.29) is 5.69 Å². The molecule has 2 aromatic rings. The van der Waals surface area contributed by atoms with Crippen molar-refractivity contribution in [1.82, 2.24) is 10.2 Å². The van der Waals surface area contributed by atoms with Crippen LogP contribution in [-0.2, 0) is 11.3 Å². The maximum Gasteiger partial charge on any atom is 0.353 e. The highest BCUT2D eigenvalue weighted by atomic mass is 16.5. The number of methoxy groups -OCH3 is 2. The molecule has 6 heteroatoms. The van der Waals surface area contributed by atoms with Crippen molar-refractivity contribution in [2.24, 2.45) is 0 Å².